The Kier molecular flexibility index (Phi) is 4.55. The van der Waals surface area contributed by atoms with Crippen molar-refractivity contribution in [1.82, 2.24) is 0 Å². The van der Waals surface area contributed by atoms with Crippen LogP contribution in [0.3, 0.4) is 0 Å². The average molecular weight is 345 g/mol. The predicted octanol–water partition coefficient (Wildman–Crippen LogP) is 5.93. The van der Waals surface area contributed by atoms with Crippen LogP contribution in [-0.4, -0.2) is 0 Å². The van der Waals surface area contributed by atoms with E-state index in [1.54, 1.807) is 0 Å². The van der Waals surface area contributed by atoms with Gasteiger partial charge in [-0.05, 0) is 58.7 Å². The largest absolute Gasteiger partial charge is 0.378 e. The summed E-state index contributed by atoms with van der Waals surface area (Å²) >= 11 is 15.2. The lowest BCUT2D eigenvalue weighted by molar-refractivity contribution is 0.885. The molecule has 0 saturated heterocycles. The summed E-state index contributed by atoms with van der Waals surface area (Å²) in [6, 6.07) is 13.8. The van der Waals surface area contributed by atoms with Crippen LogP contribution in [0.15, 0.2) is 46.9 Å². The van der Waals surface area contributed by atoms with Crippen LogP contribution in [0.5, 0.6) is 0 Å². The third kappa shape index (κ3) is 3.41. The third-order valence-corrected chi connectivity index (χ3v) is 4.14. The van der Waals surface area contributed by atoms with E-state index in [0.29, 0.717) is 5.02 Å². The molecule has 0 fully saturated rings. The van der Waals surface area contributed by atoms with E-state index >= 15 is 0 Å². The summed E-state index contributed by atoms with van der Waals surface area (Å²) < 4.78 is 0.887. The molecule has 0 aromatic heterocycles. The minimum Gasteiger partial charge on any atom is -0.378 e. The highest BCUT2D eigenvalue weighted by atomic mass is 79.9. The van der Waals surface area contributed by atoms with Crippen molar-refractivity contribution >= 4 is 44.8 Å². The van der Waals surface area contributed by atoms with Gasteiger partial charge in [0.05, 0.1) is 5.02 Å². The minimum atomic E-state index is 0.204. The molecular weight excluding hydrogens is 333 g/mol. The van der Waals surface area contributed by atoms with Crippen LogP contribution in [0.1, 0.15) is 18.5 Å². The molecule has 0 saturated carbocycles. The van der Waals surface area contributed by atoms with Gasteiger partial charge in [-0.2, -0.15) is 0 Å². The van der Waals surface area contributed by atoms with Gasteiger partial charge in [-0.25, -0.2) is 0 Å². The molecule has 1 nitrogen and oxygen atoms in total. The summed E-state index contributed by atoms with van der Waals surface area (Å²) in [4.78, 5) is 0. The zero-order chi connectivity index (χ0) is 13.1. The zero-order valence-corrected chi connectivity index (χ0v) is 12.9. The van der Waals surface area contributed by atoms with Crippen molar-refractivity contribution in [3.63, 3.8) is 0 Å². The lowest BCUT2D eigenvalue weighted by Crippen LogP contribution is -2.06. The van der Waals surface area contributed by atoms with E-state index in [-0.39, 0.29) is 6.04 Å². The van der Waals surface area contributed by atoms with E-state index < -0.39 is 0 Å². The number of anilines is 1. The maximum atomic E-state index is 5.96. The van der Waals surface area contributed by atoms with Gasteiger partial charge in [0.25, 0.3) is 0 Å². The first-order chi connectivity index (χ1) is 8.56. The van der Waals surface area contributed by atoms with Crippen molar-refractivity contribution in [3.05, 3.63) is 62.5 Å². The minimum absolute atomic E-state index is 0.204. The van der Waals surface area contributed by atoms with E-state index in [1.165, 1.54) is 5.56 Å². The molecule has 18 heavy (non-hydrogen) atoms. The topological polar surface area (TPSA) is 12.0 Å². The average Bonchev–Trinajstić information content (AvgIpc) is 2.34. The van der Waals surface area contributed by atoms with Crippen molar-refractivity contribution in [1.29, 1.82) is 0 Å². The van der Waals surface area contributed by atoms with Crippen molar-refractivity contribution in [2.45, 2.75) is 13.0 Å². The maximum absolute atomic E-state index is 5.96. The second-order valence-electron chi connectivity index (χ2n) is 4.05. The SMILES string of the molecule is CC(Nc1ccc(Cl)c(Br)c1)c1ccc(Cl)cc1. The van der Waals surface area contributed by atoms with E-state index in [9.17, 15) is 0 Å². The second-order valence-corrected chi connectivity index (χ2v) is 5.74. The first-order valence-corrected chi connectivity index (χ1v) is 7.08. The number of nitrogens with one attached hydrogen (secondary N) is 1. The lowest BCUT2D eigenvalue weighted by Gasteiger charge is -2.16. The molecule has 0 radical (unpaired) electrons. The zero-order valence-electron chi connectivity index (χ0n) is 9.75. The number of hydrogen-bond donors (Lipinski definition) is 1. The van der Waals surface area contributed by atoms with Crippen molar-refractivity contribution in [2.75, 3.05) is 5.32 Å². The molecule has 0 aliphatic carbocycles. The number of halogens is 3. The lowest BCUT2D eigenvalue weighted by atomic mass is 10.1. The molecule has 2 rings (SSSR count). The first-order valence-electron chi connectivity index (χ1n) is 5.53. The molecule has 1 N–H and O–H groups in total. The van der Waals surface area contributed by atoms with Gasteiger partial charge in [0.15, 0.2) is 0 Å². The van der Waals surface area contributed by atoms with Crippen LogP contribution in [0, 0.1) is 0 Å². The normalized spacial score (nSPS) is 12.2. The van der Waals surface area contributed by atoms with Gasteiger partial charge in [0.1, 0.15) is 0 Å². The quantitative estimate of drug-likeness (QED) is 0.727. The molecule has 0 aliphatic heterocycles. The van der Waals surface area contributed by atoms with Crippen LogP contribution >= 0.6 is 39.1 Å². The third-order valence-electron chi connectivity index (χ3n) is 2.67. The van der Waals surface area contributed by atoms with Crippen LogP contribution in [0.25, 0.3) is 0 Å². The Morgan fingerprint density at radius 1 is 1.06 bits per heavy atom. The molecule has 0 amide bonds. The van der Waals surface area contributed by atoms with Crippen molar-refractivity contribution in [3.8, 4) is 0 Å². The molecule has 0 aliphatic rings. The van der Waals surface area contributed by atoms with E-state index in [1.807, 2.05) is 42.5 Å². The van der Waals surface area contributed by atoms with E-state index in [0.717, 1.165) is 15.2 Å². The number of rotatable bonds is 3. The van der Waals surface area contributed by atoms with Crippen LogP contribution in [-0.2, 0) is 0 Å². The molecular formula is C14H12BrCl2N. The number of benzene rings is 2. The monoisotopic (exact) mass is 343 g/mol. The second kappa shape index (κ2) is 5.96. The van der Waals surface area contributed by atoms with Gasteiger partial charge in [0, 0.05) is 21.2 Å². The van der Waals surface area contributed by atoms with Gasteiger partial charge in [-0.1, -0.05) is 35.3 Å². The van der Waals surface area contributed by atoms with Crippen LogP contribution in [0.4, 0.5) is 5.69 Å². The maximum Gasteiger partial charge on any atom is 0.0549 e. The summed E-state index contributed by atoms with van der Waals surface area (Å²) in [5.74, 6) is 0. The molecule has 2 aromatic rings. The molecule has 2 aromatic carbocycles. The highest BCUT2D eigenvalue weighted by Gasteiger charge is 2.06. The molecule has 0 bridgehead atoms. The smallest absolute Gasteiger partial charge is 0.0549 e. The first kappa shape index (κ1) is 13.7. The Morgan fingerprint density at radius 3 is 2.33 bits per heavy atom. The fourth-order valence-corrected chi connectivity index (χ4v) is 2.29. The molecule has 1 unspecified atom stereocenters. The summed E-state index contributed by atoms with van der Waals surface area (Å²) in [5, 5.41) is 4.87. The predicted molar refractivity (Wildman–Crippen MR) is 82.6 cm³/mol. The standard InChI is InChI=1S/C14H12BrCl2N/c1-9(10-2-4-11(16)5-3-10)18-12-6-7-14(17)13(15)8-12/h2-9,18H,1H3. The van der Waals surface area contributed by atoms with E-state index in [4.69, 9.17) is 23.2 Å². The Balaban J connectivity index is 2.13. The Morgan fingerprint density at radius 2 is 1.72 bits per heavy atom. The highest BCUT2D eigenvalue weighted by molar-refractivity contribution is 9.10. The summed E-state index contributed by atoms with van der Waals surface area (Å²) in [7, 11) is 0. The van der Waals surface area contributed by atoms with Gasteiger partial charge in [-0.15, -0.1) is 0 Å². The molecule has 1 atom stereocenters. The Labute approximate surface area is 125 Å². The summed E-state index contributed by atoms with van der Waals surface area (Å²) in [5.41, 5.74) is 2.21. The van der Waals surface area contributed by atoms with Crippen molar-refractivity contribution < 1.29 is 0 Å². The van der Waals surface area contributed by atoms with Gasteiger partial charge in [-0.3, -0.25) is 0 Å². The molecule has 4 heteroatoms. The van der Waals surface area contributed by atoms with E-state index in [2.05, 4.69) is 28.2 Å². The van der Waals surface area contributed by atoms with Crippen LogP contribution < -0.4 is 5.32 Å². The summed E-state index contributed by atoms with van der Waals surface area (Å²) in [6.45, 7) is 2.10. The molecule has 0 heterocycles. The Hall–Kier alpha value is -0.700. The fourth-order valence-electron chi connectivity index (χ4n) is 1.67. The van der Waals surface area contributed by atoms with Crippen LogP contribution in [0.2, 0.25) is 10.0 Å². The van der Waals surface area contributed by atoms with Crippen molar-refractivity contribution in [2.24, 2.45) is 0 Å². The fraction of sp³-hybridized carbons (Fsp3) is 0.143. The molecule has 94 valence electrons. The number of hydrogen-bond acceptors (Lipinski definition) is 1. The van der Waals surface area contributed by atoms with Gasteiger partial charge < -0.3 is 5.32 Å². The van der Waals surface area contributed by atoms with Gasteiger partial charge in [0.2, 0.25) is 0 Å². The molecule has 0 spiro atoms. The summed E-state index contributed by atoms with van der Waals surface area (Å²) in [6.07, 6.45) is 0. The van der Waals surface area contributed by atoms with Gasteiger partial charge >= 0.3 is 0 Å². The highest BCUT2D eigenvalue weighted by Crippen LogP contribution is 2.28. The Bertz CT molecular complexity index is 540.